The van der Waals surface area contributed by atoms with E-state index >= 15 is 0 Å². The summed E-state index contributed by atoms with van der Waals surface area (Å²) in [6, 6.07) is 9.08. The van der Waals surface area contributed by atoms with Gasteiger partial charge in [-0.3, -0.25) is 20.4 Å². The number of hydrazine groups is 1. The highest BCUT2D eigenvalue weighted by Crippen LogP contribution is 2.32. The molecule has 3 rings (SSSR count). The van der Waals surface area contributed by atoms with Crippen LogP contribution in [0.15, 0.2) is 30.3 Å². The molecule has 0 saturated carbocycles. The number of thiophene rings is 1. The van der Waals surface area contributed by atoms with Crippen molar-refractivity contribution in [1.82, 2.24) is 10.9 Å². The van der Waals surface area contributed by atoms with Crippen LogP contribution in [0, 0.1) is 5.92 Å². The van der Waals surface area contributed by atoms with Crippen LogP contribution in [0.3, 0.4) is 0 Å². The number of hydrogen-bond donors (Lipinski definition) is 2. The number of fused-ring (bicyclic) bond motifs is 1. The van der Waals surface area contributed by atoms with Gasteiger partial charge in [0, 0.05) is 17.6 Å². The Bertz CT molecular complexity index is 785. The van der Waals surface area contributed by atoms with Crippen LogP contribution in [-0.2, 0) is 24.2 Å². The number of carbonyl (C=O) groups is 2. The van der Waals surface area contributed by atoms with E-state index < -0.39 is 0 Å². The van der Waals surface area contributed by atoms with E-state index in [2.05, 4.69) is 17.8 Å². The third kappa shape index (κ3) is 4.27. The number of benzene rings is 1. The number of nitrogens with one attached hydrogen (secondary N) is 2. The number of methoxy groups -OCH3 is 1. The van der Waals surface area contributed by atoms with Crippen molar-refractivity contribution >= 4 is 23.2 Å². The van der Waals surface area contributed by atoms with Gasteiger partial charge >= 0.3 is 0 Å². The molecule has 6 heteroatoms. The smallest absolute Gasteiger partial charge is 0.279 e. The molecule has 1 aliphatic rings. The highest BCUT2D eigenvalue weighted by Gasteiger charge is 2.21. The Morgan fingerprint density at radius 1 is 1.24 bits per heavy atom. The fourth-order valence-electron chi connectivity index (χ4n) is 3.03. The molecule has 0 spiro atoms. The Kier molecular flexibility index (Phi) is 5.50. The predicted octanol–water partition coefficient (Wildman–Crippen LogP) is 3.09. The van der Waals surface area contributed by atoms with E-state index in [0.29, 0.717) is 23.0 Å². The maximum absolute atomic E-state index is 12.3. The SMILES string of the molecule is COCc1cccc(C(=O)NNC(=O)c2cc3c(s2)CCC(C)C3)c1. The van der Waals surface area contributed by atoms with Crippen LogP contribution in [0.1, 0.15) is 49.4 Å². The van der Waals surface area contributed by atoms with E-state index in [9.17, 15) is 9.59 Å². The molecular formula is C19H22N2O3S. The molecule has 0 saturated heterocycles. The summed E-state index contributed by atoms with van der Waals surface area (Å²) < 4.78 is 5.07. The van der Waals surface area contributed by atoms with Gasteiger partial charge in [0.1, 0.15) is 0 Å². The molecule has 2 amide bonds. The molecule has 25 heavy (non-hydrogen) atoms. The second-order valence-electron chi connectivity index (χ2n) is 6.45. The zero-order valence-corrected chi connectivity index (χ0v) is 15.2. The molecule has 0 fully saturated rings. The summed E-state index contributed by atoms with van der Waals surface area (Å²) in [6.45, 7) is 2.67. The lowest BCUT2D eigenvalue weighted by Gasteiger charge is -2.16. The van der Waals surface area contributed by atoms with Gasteiger partial charge in [0.25, 0.3) is 11.8 Å². The highest BCUT2D eigenvalue weighted by molar-refractivity contribution is 7.14. The van der Waals surface area contributed by atoms with Crippen LogP contribution in [0.4, 0.5) is 0 Å². The fraction of sp³-hybridized carbons (Fsp3) is 0.368. The van der Waals surface area contributed by atoms with Crippen molar-refractivity contribution in [1.29, 1.82) is 0 Å². The molecule has 1 aromatic carbocycles. The van der Waals surface area contributed by atoms with Crippen molar-refractivity contribution < 1.29 is 14.3 Å². The first-order valence-electron chi connectivity index (χ1n) is 8.37. The van der Waals surface area contributed by atoms with Crippen molar-refractivity contribution in [2.24, 2.45) is 5.92 Å². The minimum Gasteiger partial charge on any atom is -0.380 e. The minimum atomic E-state index is -0.346. The van der Waals surface area contributed by atoms with Crippen LogP contribution >= 0.6 is 11.3 Å². The molecular weight excluding hydrogens is 336 g/mol. The second-order valence-corrected chi connectivity index (χ2v) is 7.59. The van der Waals surface area contributed by atoms with E-state index in [1.165, 1.54) is 28.2 Å². The molecule has 5 nitrogen and oxygen atoms in total. The van der Waals surface area contributed by atoms with Gasteiger partial charge in [-0.25, -0.2) is 0 Å². The van der Waals surface area contributed by atoms with Crippen LogP contribution < -0.4 is 10.9 Å². The van der Waals surface area contributed by atoms with Crippen molar-refractivity contribution in [3.8, 4) is 0 Å². The molecule has 0 aliphatic heterocycles. The number of ether oxygens (including phenoxy) is 1. The van der Waals surface area contributed by atoms with Gasteiger partial charge in [-0.05, 0) is 54.5 Å². The topological polar surface area (TPSA) is 67.4 Å². The third-order valence-corrected chi connectivity index (χ3v) is 5.58. The lowest BCUT2D eigenvalue weighted by molar-refractivity contribution is 0.0848. The zero-order valence-electron chi connectivity index (χ0n) is 14.4. The van der Waals surface area contributed by atoms with Crippen LogP contribution in [-0.4, -0.2) is 18.9 Å². The summed E-state index contributed by atoms with van der Waals surface area (Å²) in [5, 5.41) is 0. The van der Waals surface area contributed by atoms with Gasteiger partial charge in [0.2, 0.25) is 0 Å². The van der Waals surface area contributed by atoms with Gasteiger partial charge in [-0.1, -0.05) is 19.1 Å². The Morgan fingerprint density at radius 3 is 2.84 bits per heavy atom. The second kappa shape index (κ2) is 7.80. The highest BCUT2D eigenvalue weighted by atomic mass is 32.1. The third-order valence-electron chi connectivity index (χ3n) is 4.34. The van der Waals surface area contributed by atoms with E-state index in [0.717, 1.165) is 18.4 Å². The Labute approximate surface area is 151 Å². The molecule has 0 bridgehead atoms. The van der Waals surface area contributed by atoms with Gasteiger partial charge < -0.3 is 4.74 Å². The number of hydrogen-bond acceptors (Lipinski definition) is 4. The quantitative estimate of drug-likeness (QED) is 0.826. The van der Waals surface area contributed by atoms with Gasteiger partial charge in [0.05, 0.1) is 11.5 Å². The van der Waals surface area contributed by atoms with Gasteiger partial charge in [0.15, 0.2) is 0 Å². The average Bonchev–Trinajstić information content (AvgIpc) is 3.03. The Balaban J connectivity index is 1.60. The largest absolute Gasteiger partial charge is 0.380 e. The number of aryl methyl sites for hydroxylation is 1. The van der Waals surface area contributed by atoms with E-state index in [1.807, 2.05) is 12.1 Å². The molecule has 1 heterocycles. The monoisotopic (exact) mass is 358 g/mol. The van der Waals surface area contributed by atoms with E-state index in [1.54, 1.807) is 25.3 Å². The molecule has 1 aliphatic carbocycles. The van der Waals surface area contributed by atoms with Crippen LogP contribution in [0.5, 0.6) is 0 Å². The summed E-state index contributed by atoms with van der Waals surface area (Å²) >= 11 is 1.52. The minimum absolute atomic E-state index is 0.270. The Morgan fingerprint density at radius 2 is 2.04 bits per heavy atom. The molecule has 132 valence electrons. The molecule has 2 N–H and O–H groups in total. The lowest BCUT2D eigenvalue weighted by atomic mass is 9.90. The number of rotatable bonds is 4. The normalized spacial score (nSPS) is 16.2. The fourth-order valence-corrected chi connectivity index (χ4v) is 4.14. The molecule has 2 aromatic rings. The summed E-state index contributed by atoms with van der Waals surface area (Å²) in [7, 11) is 1.61. The van der Waals surface area contributed by atoms with Gasteiger partial charge in [-0.15, -0.1) is 11.3 Å². The molecule has 1 aromatic heterocycles. The maximum atomic E-state index is 12.3. The summed E-state index contributed by atoms with van der Waals surface area (Å²) in [5.74, 6) is 0.0479. The van der Waals surface area contributed by atoms with Crippen LogP contribution in [0.2, 0.25) is 0 Å². The van der Waals surface area contributed by atoms with E-state index in [-0.39, 0.29) is 11.8 Å². The predicted molar refractivity (Wildman–Crippen MR) is 97.6 cm³/mol. The molecule has 0 radical (unpaired) electrons. The summed E-state index contributed by atoms with van der Waals surface area (Å²) in [4.78, 5) is 26.5. The summed E-state index contributed by atoms with van der Waals surface area (Å²) in [6.07, 6.45) is 3.23. The summed E-state index contributed by atoms with van der Waals surface area (Å²) in [5.41, 5.74) is 7.65. The average molecular weight is 358 g/mol. The lowest BCUT2D eigenvalue weighted by Crippen LogP contribution is -2.41. The van der Waals surface area contributed by atoms with E-state index in [4.69, 9.17) is 4.74 Å². The standard InChI is InChI=1S/C19H22N2O3S/c1-12-6-7-16-15(8-12)10-17(25-16)19(23)21-20-18(22)14-5-3-4-13(9-14)11-24-2/h3-5,9-10,12H,6-8,11H2,1-2H3,(H,20,22)(H,21,23). The number of amides is 2. The maximum Gasteiger partial charge on any atom is 0.279 e. The van der Waals surface area contributed by atoms with Crippen molar-refractivity contribution in [3.05, 3.63) is 56.8 Å². The first kappa shape index (κ1) is 17.6. The molecule has 1 atom stereocenters. The zero-order chi connectivity index (χ0) is 17.8. The first-order chi connectivity index (χ1) is 12.1. The van der Waals surface area contributed by atoms with Crippen molar-refractivity contribution in [2.75, 3.05) is 7.11 Å². The van der Waals surface area contributed by atoms with Gasteiger partial charge in [-0.2, -0.15) is 0 Å². The van der Waals surface area contributed by atoms with Crippen molar-refractivity contribution in [3.63, 3.8) is 0 Å². The first-order valence-corrected chi connectivity index (χ1v) is 9.18. The molecule has 1 unspecified atom stereocenters. The number of carbonyl (C=O) groups excluding carboxylic acids is 2. The Hall–Kier alpha value is -2.18. The van der Waals surface area contributed by atoms with Crippen LogP contribution in [0.25, 0.3) is 0 Å². The van der Waals surface area contributed by atoms with Crippen molar-refractivity contribution in [2.45, 2.75) is 32.8 Å².